The summed E-state index contributed by atoms with van der Waals surface area (Å²) >= 11 is 1.28. The van der Waals surface area contributed by atoms with Crippen LogP contribution < -0.4 is 9.47 Å². The van der Waals surface area contributed by atoms with Crippen LogP contribution in [0.5, 0.6) is 11.5 Å². The van der Waals surface area contributed by atoms with Gasteiger partial charge in [-0.2, -0.15) is 13.2 Å². The van der Waals surface area contributed by atoms with E-state index in [9.17, 15) is 18.0 Å². The Balaban J connectivity index is 1.99. The van der Waals surface area contributed by atoms with Crippen molar-refractivity contribution in [3.05, 3.63) is 48.0 Å². The highest BCUT2D eigenvalue weighted by atomic mass is 32.2. The lowest BCUT2D eigenvalue weighted by Gasteiger charge is -2.12. The molecule has 0 spiro atoms. The molecule has 0 aliphatic carbocycles. The maximum Gasteiger partial charge on any atom is 0.416 e. The van der Waals surface area contributed by atoms with Gasteiger partial charge in [-0.3, -0.25) is 4.79 Å². The molecule has 2 rings (SSSR count). The number of hydrogen-bond donors (Lipinski definition) is 0. The van der Waals surface area contributed by atoms with Crippen LogP contribution in [-0.2, 0) is 15.7 Å². The Kier molecular flexibility index (Phi) is 7.41. The molecule has 0 bridgehead atoms. The standard InChI is InChI=1S/C19H19F3O4S/c1-3-25-18(23)10-11-26-14-5-7-15(8-6-14)27-17-9-4-13(19(20,21)22)12-16(17)24-2/h4-9,12H,3,10-11H2,1-2H3. The van der Waals surface area contributed by atoms with Gasteiger partial charge >= 0.3 is 12.1 Å². The zero-order chi connectivity index (χ0) is 19.9. The van der Waals surface area contributed by atoms with E-state index in [4.69, 9.17) is 14.2 Å². The van der Waals surface area contributed by atoms with Crippen molar-refractivity contribution >= 4 is 17.7 Å². The second-order valence-electron chi connectivity index (χ2n) is 5.34. The van der Waals surface area contributed by atoms with Crippen LogP contribution in [0.1, 0.15) is 18.9 Å². The lowest BCUT2D eigenvalue weighted by Crippen LogP contribution is -2.09. The summed E-state index contributed by atoms with van der Waals surface area (Å²) in [6, 6.07) is 10.4. The summed E-state index contributed by atoms with van der Waals surface area (Å²) in [5.74, 6) is 0.423. The third-order valence-electron chi connectivity index (χ3n) is 3.42. The van der Waals surface area contributed by atoms with E-state index >= 15 is 0 Å². The Bertz CT molecular complexity index is 761. The lowest BCUT2D eigenvalue weighted by molar-refractivity contribution is -0.143. The van der Waals surface area contributed by atoms with Crippen molar-refractivity contribution in [3.8, 4) is 11.5 Å². The van der Waals surface area contributed by atoms with Gasteiger partial charge in [0.1, 0.15) is 11.5 Å². The van der Waals surface area contributed by atoms with Crippen molar-refractivity contribution in [2.45, 2.75) is 29.3 Å². The molecule has 4 nitrogen and oxygen atoms in total. The van der Waals surface area contributed by atoms with Crippen LogP contribution >= 0.6 is 11.8 Å². The van der Waals surface area contributed by atoms with E-state index < -0.39 is 11.7 Å². The maximum absolute atomic E-state index is 12.8. The SMILES string of the molecule is CCOC(=O)CCOc1ccc(Sc2ccc(C(F)(F)F)cc2OC)cc1. The predicted molar refractivity (Wildman–Crippen MR) is 95.3 cm³/mol. The van der Waals surface area contributed by atoms with Gasteiger partial charge in [0.25, 0.3) is 0 Å². The second-order valence-corrected chi connectivity index (χ2v) is 6.46. The van der Waals surface area contributed by atoms with E-state index in [0.717, 1.165) is 17.0 Å². The van der Waals surface area contributed by atoms with Crippen LogP contribution in [0.4, 0.5) is 13.2 Å². The first kappa shape index (κ1) is 21.0. The summed E-state index contributed by atoms with van der Waals surface area (Å²) in [7, 11) is 1.33. The number of carbonyl (C=O) groups excluding carboxylic acids is 1. The van der Waals surface area contributed by atoms with Crippen LogP contribution in [0.25, 0.3) is 0 Å². The Labute approximate surface area is 159 Å². The number of ether oxygens (including phenoxy) is 3. The topological polar surface area (TPSA) is 44.8 Å². The van der Waals surface area contributed by atoms with Crippen LogP contribution in [0, 0.1) is 0 Å². The highest BCUT2D eigenvalue weighted by Gasteiger charge is 2.31. The summed E-state index contributed by atoms with van der Waals surface area (Å²) in [5, 5.41) is 0. The average Bonchev–Trinajstić information content (AvgIpc) is 2.63. The number of rotatable bonds is 8. The minimum absolute atomic E-state index is 0.157. The summed E-state index contributed by atoms with van der Waals surface area (Å²) in [6.07, 6.45) is -4.26. The quantitative estimate of drug-likeness (QED) is 0.570. The zero-order valence-corrected chi connectivity index (χ0v) is 15.7. The van der Waals surface area contributed by atoms with Crippen molar-refractivity contribution in [2.24, 2.45) is 0 Å². The van der Waals surface area contributed by atoms with E-state index in [1.807, 2.05) is 0 Å². The van der Waals surface area contributed by atoms with Crippen LogP contribution in [-0.4, -0.2) is 26.3 Å². The van der Waals surface area contributed by atoms with Gasteiger partial charge in [0, 0.05) is 4.90 Å². The number of benzene rings is 2. The highest BCUT2D eigenvalue weighted by molar-refractivity contribution is 7.99. The summed E-state index contributed by atoms with van der Waals surface area (Å²) in [6.45, 7) is 2.27. The predicted octanol–water partition coefficient (Wildman–Crippen LogP) is 5.20. The monoisotopic (exact) mass is 400 g/mol. The third-order valence-corrected chi connectivity index (χ3v) is 4.49. The van der Waals surface area contributed by atoms with Crippen LogP contribution in [0.3, 0.4) is 0 Å². The van der Waals surface area contributed by atoms with Gasteiger partial charge in [0.2, 0.25) is 0 Å². The summed E-state index contributed by atoms with van der Waals surface area (Å²) in [5.41, 5.74) is -0.756. The smallest absolute Gasteiger partial charge is 0.416 e. The molecule has 2 aromatic carbocycles. The average molecular weight is 400 g/mol. The molecule has 0 aromatic heterocycles. The normalized spacial score (nSPS) is 11.1. The minimum Gasteiger partial charge on any atom is -0.496 e. The van der Waals surface area contributed by atoms with Crippen molar-refractivity contribution in [3.63, 3.8) is 0 Å². The van der Waals surface area contributed by atoms with Crippen LogP contribution in [0.15, 0.2) is 52.3 Å². The molecular weight excluding hydrogens is 381 g/mol. The molecule has 0 atom stereocenters. The number of hydrogen-bond acceptors (Lipinski definition) is 5. The largest absolute Gasteiger partial charge is 0.496 e. The molecule has 146 valence electrons. The molecule has 2 aromatic rings. The number of alkyl halides is 3. The molecule has 8 heteroatoms. The zero-order valence-electron chi connectivity index (χ0n) is 14.8. The van der Waals surface area contributed by atoms with Gasteiger partial charge in [0.05, 0.1) is 37.2 Å². The number of methoxy groups -OCH3 is 1. The first-order valence-electron chi connectivity index (χ1n) is 8.15. The Morgan fingerprint density at radius 2 is 1.81 bits per heavy atom. The van der Waals surface area contributed by atoms with Crippen molar-refractivity contribution in [1.82, 2.24) is 0 Å². The molecule has 0 heterocycles. The van der Waals surface area contributed by atoms with E-state index in [-0.39, 0.29) is 24.7 Å². The Morgan fingerprint density at radius 1 is 1.11 bits per heavy atom. The summed E-state index contributed by atoms with van der Waals surface area (Å²) < 4.78 is 53.8. The molecule has 0 aliphatic heterocycles. The lowest BCUT2D eigenvalue weighted by atomic mass is 10.2. The molecule has 0 saturated carbocycles. The molecule has 0 radical (unpaired) electrons. The number of esters is 1. The van der Waals surface area contributed by atoms with E-state index in [0.29, 0.717) is 17.3 Å². The number of halogens is 3. The maximum atomic E-state index is 12.8. The van der Waals surface area contributed by atoms with Gasteiger partial charge < -0.3 is 14.2 Å². The first-order chi connectivity index (χ1) is 12.8. The highest BCUT2D eigenvalue weighted by Crippen LogP contribution is 2.39. The molecule has 0 aliphatic rings. The van der Waals surface area contributed by atoms with Gasteiger partial charge in [-0.15, -0.1) is 0 Å². The van der Waals surface area contributed by atoms with E-state index in [1.54, 1.807) is 31.2 Å². The van der Waals surface area contributed by atoms with Crippen molar-refractivity contribution in [1.29, 1.82) is 0 Å². The molecule has 0 amide bonds. The molecule has 0 unspecified atom stereocenters. The van der Waals surface area contributed by atoms with Gasteiger partial charge in [-0.1, -0.05) is 11.8 Å². The first-order valence-corrected chi connectivity index (χ1v) is 8.96. The number of carbonyl (C=O) groups is 1. The second kappa shape index (κ2) is 9.55. The molecule has 0 fully saturated rings. The van der Waals surface area contributed by atoms with E-state index in [1.165, 1.54) is 24.9 Å². The Morgan fingerprint density at radius 3 is 2.41 bits per heavy atom. The molecule has 0 saturated heterocycles. The van der Waals surface area contributed by atoms with Gasteiger partial charge in [0.15, 0.2) is 0 Å². The third kappa shape index (κ3) is 6.39. The van der Waals surface area contributed by atoms with Crippen molar-refractivity contribution < 1.29 is 32.2 Å². The molecular formula is C19H19F3O4S. The van der Waals surface area contributed by atoms with Crippen molar-refractivity contribution in [2.75, 3.05) is 20.3 Å². The minimum atomic E-state index is -4.42. The summed E-state index contributed by atoms with van der Waals surface area (Å²) in [4.78, 5) is 12.6. The van der Waals surface area contributed by atoms with Gasteiger partial charge in [-0.05, 0) is 49.4 Å². The molecule has 27 heavy (non-hydrogen) atoms. The fourth-order valence-electron chi connectivity index (χ4n) is 2.14. The van der Waals surface area contributed by atoms with Gasteiger partial charge in [-0.25, -0.2) is 0 Å². The molecule has 0 N–H and O–H groups in total. The fraction of sp³-hybridized carbons (Fsp3) is 0.316. The fourth-order valence-corrected chi connectivity index (χ4v) is 3.05. The Hall–Kier alpha value is -2.35. The van der Waals surface area contributed by atoms with E-state index in [2.05, 4.69) is 0 Å². The van der Waals surface area contributed by atoms with Crippen LogP contribution in [0.2, 0.25) is 0 Å².